The van der Waals surface area contributed by atoms with Crippen molar-refractivity contribution in [2.45, 2.75) is 24.9 Å². The zero-order chi connectivity index (χ0) is 21.6. The van der Waals surface area contributed by atoms with Crippen LogP contribution in [0.3, 0.4) is 0 Å². The number of ether oxygens (including phenoxy) is 1. The van der Waals surface area contributed by atoms with Crippen LogP contribution in [0.4, 0.5) is 10.1 Å². The Balaban J connectivity index is 1.49. The van der Waals surface area contributed by atoms with Crippen LogP contribution < -0.4 is 15.0 Å². The number of anilines is 1. The lowest BCUT2D eigenvalue weighted by Crippen LogP contribution is -2.29. The molecule has 0 aliphatic carbocycles. The largest absolute Gasteiger partial charge is 0.494 e. The predicted molar refractivity (Wildman–Crippen MR) is 123 cm³/mol. The molecule has 0 saturated heterocycles. The molecule has 0 radical (unpaired) electrons. The van der Waals surface area contributed by atoms with Gasteiger partial charge in [0.15, 0.2) is 0 Å². The van der Waals surface area contributed by atoms with Crippen molar-refractivity contribution in [2.75, 3.05) is 23.8 Å². The summed E-state index contributed by atoms with van der Waals surface area (Å²) in [6, 6.07) is 20.2. The molecular weight excluding hydrogens is 411 g/mol. The van der Waals surface area contributed by atoms with Gasteiger partial charge in [0.2, 0.25) is 0 Å². The molecule has 0 saturated carbocycles. The molecule has 1 N–H and O–H groups in total. The van der Waals surface area contributed by atoms with Gasteiger partial charge in [0, 0.05) is 41.4 Å². The first-order chi connectivity index (χ1) is 15.1. The number of halogens is 1. The first-order valence-corrected chi connectivity index (χ1v) is 11.4. The molecule has 1 heterocycles. The van der Waals surface area contributed by atoms with Crippen LogP contribution in [-0.4, -0.2) is 24.8 Å². The van der Waals surface area contributed by atoms with Gasteiger partial charge < -0.3 is 15.0 Å². The Morgan fingerprint density at radius 2 is 1.94 bits per heavy atom. The molecule has 0 unspecified atom stereocenters. The summed E-state index contributed by atoms with van der Waals surface area (Å²) < 4.78 is 18.9. The number of carbonyl (C=O) groups is 1. The molecule has 1 aliphatic heterocycles. The molecule has 4 nitrogen and oxygen atoms in total. The average Bonchev–Trinajstić information content (AvgIpc) is 2.80. The summed E-state index contributed by atoms with van der Waals surface area (Å²) in [5.41, 5.74) is 3.66. The third-order valence-electron chi connectivity index (χ3n) is 5.18. The number of hydrogen-bond donors (Lipinski definition) is 1. The van der Waals surface area contributed by atoms with Crippen molar-refractivity contribution in [1.29, 1.82) is 0 Å². The van der Waals surface area contributed by atoms with Crippen LogP contribution in [0.5, 0.6) is 5.75 Å². The molecule has 0 spiro atoms. The van der Waals surface area contributed by atoms with Gasteiger partial charge in [-0.2, -0.15) is 0 Å². The second kappa shape index (κ2) is 9.88. The number of carbonyl (C=O) groups excluding carboxylic acids is 1. The first kappa shape index (κ1) is 21.2. The van der Waals surface area contributed by atoms with Crippen molar-refractivity contribution in [1.82, 2.24) is 5.32 Å². The van der Waals surface area contributed by atoms with E-state index in [-0.39, 0.29) is 11.7 Å². The normalized spacial score (nSPS) is 12.9. The van der Waals surface area contributed by atoms with Crippen LogP contribution in [0, 0.1) is 5.82 Å². The number of nitrogens with one attached hydrogen (secondary N) is 1. The molecule has 3 aromatic rings. The summed E-state index contributed by atoms with van der Waals surface area (Å²) in [5, 5.41) is 3.01. The van der Waals surface area contributed by atoms with Crippen LogP contribution in [0.1, 0.15) is 28.4 Å². The molecule has 1 aliphatic rings. The van der Waals surface area contributed by atoms with Crippen LogP contribution in [0.2, 0.25) is 0 Å². The zero-order valence-electron chi connectivity index (χ0n) is 17.4. The summed E-state index contributed by atoms with van der Waals surface area (Å²) in [6.07, 6.45) is 0. The molecule has 31 heavy (non-hydrogen) atoms. The molecule has 1 amide bonds. The van der Waals surface area contributed by atoms with Crippen molar-refractivity contribution in [3.63, 3.8) is 0 Å². The van der Waals surface area contributed by atoms with E-state index in [1.165, 1.54) is 12.1 Å². The van der Waals surface area contributed by atoms with Gasteiger partial charge in [-0.05, 0) is 48.9 Å². The number of hydrogen-bond acceptors (Lipinski definition) is 4. The Bertz CT molecular complexity index is 1060. The van der Waals surface area contributed by atoms with Gasteiger partial charge in [-0.3, -0.25) is 4.79 Å². The van der Waals surface area contributed by atoms with Crippen molar-refractivity contribution in [3.8, 4) is 5.75 Å². The summed E-state index contributed by atoms with van der Waals surface area (Å²) in [6.45, 7) is 4.48. The van der Waals surface area contributed by atoms with Crippen LogP contribution in [0.15, 0.2) is 71.6 Å². The Hall–Kier alpha value is -2.99. The van der Waals surface area contributed by atoms with Crippen molar-refractivity contribution < 1.29 is 13.9 Å². The molecule has 3 aromatic carbocycles. The van der Waals surface area contributed by atoms with E-state index in [9.17, 15) is 9.18 Å². The first-order valence-electron chi connectivity index (χ1n) is 10.4. The second-order valence-electron chi connectivity index (χ2n) is 7.30. The molecule has 0 atom stereocenters. The van der Waals surface area contributed by atoms with Crippen LogP contribution >= 0.6 is 11.8 Å². The number of benzene rings is 3. The lowest BCUT2D eigenvalue weighted by molar-refractivity contribution is 0.0950. The van der Waals surface area contributed by atoms with Crippen molar-refractivity contribution in [3.05, 3.63) is 89.2 Å². The quantitative estimate of drug-likeness (QED) is 0.548. The topological polar surface area (TPSA) is 41.6 Å². The Morgan fingerprint density at radius 1 is 1.13 bits per heavy atom. The fourth-order valence-electron chi connectivity index (χ4n) is 3.61. The summed E-state index contributed by atoms with van der Waals surface area (Å²) in [5.74, 6) is 1.42. The lowest BCUT2D eigenvalue weighted by atomic mass is 10.1. The highest BCUT2D eigenvalue weighted by atomic mass is 32.2. The fraction of sp³-hybridized carbons (Fsp3) is 0.240. The lowest BCUT2D eigenvalue weighted by Gasteiger charge is -2.31. The number of thioether (sulfide) groups is 1. The number of rotatable bonds is 7. The maximum atomic E-state index is 13.2. The van der Waals surface area contributed by atoms with Crippen molar-refractivity contribution >= 4 is 23.4 Å². The number of fused-ring (bicyclic) bond motifs is 1. The Morgan fingerprint density at radius 3 is 2.74 bits per heavy atom. The maximum absolute atomic E-state index is 13.2. The SMILES string of the molecule is CCOc1ccccc1CNC(=O)c1ccc2c(c1)N(Cc1ccc(F)cc1)CCS2. The third kappa shape index (κ3) is 5.20. The van der Waals surface area contributed by atoms with Gasteiger partial charge in [-0.25, -0.2) is 4.39 Å². The third-order valence-corrected chi connectivity index (χ3v) is 6.22. The van der Waals surface area contributed by atoms with Gasteiger partial charge in [0.1, 0.15) is 11.6 Å². The van der Waals surface area contributed by atoms with E-state index in [0.717, 1.165) is 39.8 Å². The molecule has 160 valence electrons. The van der Waals surface area contributed by atoms with Gasteiger partial charge >= 0.3 is 0 Å². The van der Waals surface area contributed by atoms with Gasteiger partial charge in [-0.15, -0.1) is 11.8 Å². The smallest absolute Gasteiger partial charge is 0.251 e. The van der Waals surface area contributed by atoms with E-state index in [0.29, 0.717) is 25.3 Å². The van der Waals surface area contributed by atoms with Gasteiger partial charge in [0.25, 0.3) is 5.91 Å². The zero-order valence-corrected chi connectivity index (χ0v) is 18.3. The second-order valence-corrected chi connectivity index (χ2v) is 8.44. The van der Waals surface area contributed by atoms with E-state index in [1.54, 1.807) is 11.8 Å². The summed E-state index contributed by atoms with van der Waals surface area (Å²) >= 11 is 1.79. The highest BCUT2D eigenvalue weighted by molar-refractivity contribution is 7.99. The monoisotopic (exact) mass is 436 g/mol. The minimum Gasteiger partial charge on any atom is -0.494 e. The molecule has 0 fully saturated rings. The van der Waals surface area contributed by atoms with Crippen molar-refractivity contribution in [2.24, 2.45) is 0 Å². The number of para-hydroxylation sites is 1. The molecule has 0 aromatic heterocycles. The van der Waals surface area contributed by atoms with E-state index in [2.05, 4.69) is 10.2 Å². The maximum Gasteiger partial charge on any atom is 0.251 e. The highest BCUT2D eigenvalue weighted by Crippen LogP contribution is 2.36. The molecular formula is C25H25FN2O2S. The fourth-order valence-corrected chi connectivity index (χ4v) is 4.64. The minimum absolute atomic E-state index is 0.119. The van der Waals surface area contributed by atoms with Gasteiger partial charge in [0.05, 0.1) is 12.3 Å². The number of nitrogens with zero attached hydrogens (tertiary/aromatic N) is 1. The van der Waals surface area contributed by atoms with E-state index in [4.69, 9.17) is 4.74 Å². The van der Waals surface area contributed by atoms with Crippen LogP contribution in [-0.2, 0) is 13.1 Å². The van der Waals surface area contributed by atoms with E-state index in [1.807, 2.05) is 61.5 Å². The van der Waals surface area contributed by atoms with Gasteiger partial charge in [-0.1, -0.05) is 30.3 Å². The molecule has 4 rings (SSSR count). The minimum atomic E-state index is -0.233. The average molecular weight is 437 g/mol. The Kier molecular flexibility index (Phi) is 6.77. The van der Waals surface area contributed by atoms with E-state index >= 15 is 0 Å². The number of amides is 1. The molecule has 0 bridgehead atoms. The predicted octanol–water partition coefficient (Wildman–Crippen LogP) is 5.27. The summed E-state index contributed by atoms with van der Waals surface area (Å²) in [4.78, 5) is 16.3. The molecule has 6 heteroatoms. The summed E-state index contributed by atoms with van der Waals surface area (Å²) in [7, 11) is 0. The van der Waals surface area contributed by atoms with E-state index < -0.39 is 0 Å². The highest BCUT2D eigenvalue weighted by Gasteiger charge is 2.20. The van der Waals surface area contributed by atoms with Crippen LogP contribution in [0.25, 0.3) is 0 Å². The standard InChI is InChI=1S/C25H25FN2O2S/c1-2-30-23-6-4-3-5-20(23)16-27-25(29)19-9-12-24-22(15-19)28(13-14-31-24)17-18-7-10-21(26)11-8-18/h3-12,15H,2,13-14,16-17H2,1H3,(H,27,29). The Labute approximate surface area is 186 Å².